The summed E-state index contributed by atoms with van der Waals surface area (Å²) in [6.45, 7) is 2.43. The van der Waals surface area contributed by atoms with E-state index in [4.69, 9.17) is 4.74 Å². The van der Waals surface area contributed by atoms with Gasteiger partial charge in [-0.15, -0.1) is 0 Å². The van der Waals surface area contributed by atoms with Crippen molar-refractivity contribution in [3.8, 4) is 0 Å². The zero-order valence-corrected chi connectivity index (χ0v) is 15.0. The summed E-state index contributed by atoms with van der Waals surface area (Å²) in [7, 11) is -3.36. The highest BCUT2D eigenvalue weighted by molar-refractivity contribution is 7.90. The standard InChI is InChI=1S/C17H22N2O5S/c1-25(22,23)14-5-2-4-13(12-14)16(20)18-7-9-19(10-8-18)17(21)15-6-3-11-24-15/h2,4-5,12,15H,3,6-11H2,1H3. The lowest BCUT2D eigenvalue weighted by Gasteiger charge is -2.35. The minimum Gasteiger partial charge on any atom is -0.368 e. The second-order valence-corrected chi connectivity index (χ2v) is 8.43. The topological polar surface area (TPSA) is 84.0 Å². The normalized spacial score (nSPS) is 21.4. The molecule has 1 aromatic rings. The molecule has 2 amide bonds. The number of carbonyl (C=O) groups excluding carboxylic acids is 2. The van der Waals surface area contributed by atoms with Gasteiger partial charge in [-0.05, 0) is 31.0 Å². The van der Waals surface area contributed by atoms with Gasteiger partial charge in [0, 0.05) is 44.6 Å². The van der Waals surface area contributed by atoms with Crippen molar-refractivity contribution in [2.24, 2.45) is 0 Å². The molecule has 0 aromatic heterocycles. The lowest BCUT2D eigenvalue weighted by Crippen LogP contribution is -2.52. The van der Waals surface area contributed by atoms with E-state index in [0.717, 1.165) is 19.1 Å². The zero-order valence-electron chi connectivity index (χ0n) is 14.2. The Kier molecular flexibility index (Phi) is 5.10. The third kappa shape index (κ3) is 4.01. The van der Waals surface area contributed by atoms with Crippen molar-refractivity contribution in [2.45, 2.75) is 23.8 Å². The van der Waals surface area contributed by atoms with Gasteiger partial charge in [-0.25, -0.2) is 8.42 Å². The molecule has 8 heteroatoms. The van der Waals surface area contributed by atoms with E-state index in [0.29, 0.717) is 38.3 Å². The van der Waals surface area contributed by atoms with E-state index >= 15 is 0 Å². The first-order valence-corrected chi connectivity index (χ1v) is 10.3. The third-order valence-electron chi connectivity index (χ3n) is 4.59. The van der Waals surface area contributed by atoms with Crippen molar-refractivity contribution in [1.82, 2.24) is 9.80 Å². The quantitative estimate of drug-likeness (QED) is 0.780. The van der Waals surface area contributed by atoms with Gasteiger partial charge < -0.3 is 14.5 Å². The fourth-order valence-electron chi connectivity index (χ4n) is 3.15. The van der Waals surface area contributed by atoms with Gasteiger partial charge in [-0.1, -0.05) is 6.07 Å². The summed E-state index contributed by atoms with van der Waals surface area (Å²) >= 11 is 0. The summed E-state index contributed by atoms with van der Waals surface area (Å²) in [4.78, 5) is 28.5. The van der Waals surface area contributed by atoms with E-state index in [-0.39, 0.29) is 22.8 Å². The van der Waals surface area contributed by atoms with Crippen LogP contribution in [0, 0.1) is 0 Å². The SMILES string of the molecule is CS(=O)(=O)c1cccc(C(=O)N2CCN(C(=O)C3CCCO3)CC2)c1. The van der Waals surface area contributed by atoms with Crippen molar-refractivity contribution >= 4 is 21.7 Å². The van der Waals surface area contributed by atoms with Crippen molar-refractivity contribution in [1.29, 1.82) is 0 Å². The summed E-state index contributed by atoms with van der Waals surface area (Å²) < 4.78 is 28.7. The van der Waals surface area contributed by atoms with Crippen molar-refractivity contribution in [3.63, 3.8) is 0 Å². The summed E-state index contributed by atoms with van der Waals surface area (Å²) in [5.74, 6) is -0.210. The molecule has 7 nitrogen and oxygen atoms in total. The second kappa shape index (κ2) is 7.13. The fourth-order valence-corrected chi connectivity index (χ4v) is 3.82. The van der Waals surface area contributed by atoms with E-state index in [2.05, 4.69) is 0 Å². The van der Waals surface area contributed by atoms with Crippen LogP contribution in [-0.4, -0.2) is 75.2 Å². The number of benzene rings is 1. The predicted octanol–water partition coefficient (Wildman–Crippen LogP) is 0.554. The number of hydrogen-bond acceptors (Lipinski definition) is 5. The predicted molar refractivity (Wildman–Crippen MR) is 91.0 cm³/mol. The molecule has 2 aliphatic rings. The molecule has 136 valence electrons. The molecule has 1 aromatic carbocycles. The van der Waals surface area contributed by atoms with Crippen molar-refractivity contribution in [2.75, 3.05) is 39.0 Å². The van der Waals surface area contributed by atoms with Crippen LogP contribution in [0.4, 0.5) is 0 Å². The van der Waals surface area contributed by atoms with Crippen LogP contribution in [0.5, 0.6) is 0 Å². The molecular weight excluding hydrogens is 344 g/mol. The van der Waals surface area contributed by atoms with Crippen LogP contribution in [0.1, 0.15) is 23.2 Å². The van der Waals surface area contributed by atoms with Crippen molar-refractivity contribution in [3.05, 3.63) is 29.8 Å². The molecule has 0 bridgehead atoms. The smallest absolute Gasteiger partial charge is 0.254 e. The van der Waals surface area contributed by atoms with Crippen LogP contribution in [0.2, 0.25) is 0 Å². The Balaban J connectivity index is 1.63. The number of carbonyl (C=O) groups is 2. The highest BCUT2D eigenvalue weighted by Crippen LogP contribution is 2.18. The van der Waals surface area contributed by atoms with Gasteiger partial charge in [0.1, 0.15) is 6.10 Å². The maximum Gasteiger partial charge on any atom is 0.254 e. The van der Waals surface area contributed by atoms with E-state index in [1.54, 1.807) is 21.9 Å². The summed E-state index contributed by atoms with van der Waals surface area (Å²) in [6, 6.07) is 6.06. The van der Waals surface area contributed by atoms with Gasteiger partial charge in [-0.2, -0.15) is 0 Å². The highest BCUT2D eigenvalue weighted by atomic mass is 32.2. The van der Waals surface area contributed by atoms with Crippen LogP contribution in [-0.2, 0) is 19.4 Å². The van der Waals surface area contributed by atoms with Gasteiger partial charge in [0.2, 0.25) is 0 Å². The third-order valence-corrected chi connectivity index (χ3v) is 5.70. The lowest BCUT2D eigenvalue weighted by atomic mass is 10.1. The molecule has 2 aliphatic heterocycles. The summed E-state index contributed by atoms with van der Waals surface area (Å²) in [5, 5.41) is 0. The molecule has 2 saturated heterocycles. The van der Waals surface area contributed by atoms with E-state index < -0.39 is 9.84 Å². The van der Waals surface area contributed by atoms with E-state index in [9.17, 15) is 18.0 Å². The van der Waals surface area contributed by atoms with Crippen LogP contribution < -0.4 is 0 Å². The minimum atomic E-state index is -3.36. The highest BCUT2D eigenvalue weighted by Gasteiger charge is 2.31. The molecule has 0 N–H and O–H groups in total. The van der Waals surface area contributed by atoms with Crippen LogP contribution in [0.25, 0.3) is 0 Å². The monoisotopic (exact) mass is 366 g/mol. The molecule has 25 heavy (non-hydrogen) atoms. The van der Waals surface area contributed by atoms with Crippen LogP contribution >= 0.6 is 0 Å². The van der Waals surface area contributed by atoms with Gasteiger partial charge in [0.15, 0.2) is 9.84 Å². The molecular formula is C17H22N2O5S. The minimum absolute atomic E-state index is 0.00340. The van der Waals surface area contributed by atoms with E-state index in [1.807, 2.05) is 0 Å². The maximum atomic E-state index is 12.6. The zero-order chi connectivity index (χ0) is 18.0. The summed E-state index contributed by atoms with van der Waals surface area (Å²) in [6.07, 6.45) is 2.45. The summed E-state index contributed by atoms with van der Waals surface area (Å²) in [5.41, 5.74) is 0.349. The molecule has 0 spiro atoms. The Morgan fingerprint density at radius 1 is 1.12 bits per heavy atom. The second-order valence-electron chi connectivity index (χ2n) is 6.42. The Bertz CT molecular complexity index is 763. The number of nitrogens with zero attached hydrogens (tertiary/aromatic N) is 2. The number of rotatable bonds is 3. The molecule has 0 radical (unpaired) electrons. The Morgan fingerprint density at radius 3 is 2.40 bits per heavy atom. The lowest BCUT2D eigenvalue weighted by molar-refractivity contribution is -0.142. The van der Waals surface area contributed by atoms with Crippen LogP contribution in [0.3, 0.4) is 0 Å². The maximum absolute atomic E-state index is 12.6. The molecule has 2 fully saturated rings. The molecule has 1 unspecified atom stereocenters. The van der Waals surface area contributed by atoms with E-state index in [1.165, 1.54) is 12.1 Å². The number of piperazine rings is 1. The largest absolute Gasteiger partial charge is 0.368 e. The van der Waals surface area contributed by atoms with Gasteiger partial charge in [0.05, 0.1) is 4.90 Å². The Labute approximate surface area is 147 Å². The molecule has 0 aliphatic carbocycles. The van der Waals surface area contributed by atoms with Crippen molar-refractivity contribution < 1.29 is 22.7 Å². The molecule has 2 heterocycles. The first-order valence-electron chi connectivity index (χ1n) is 8.36. The van der Waals surface area contributed by atoms with Gasteiger partial charge in [-0.3, -0.25) is 9.59 Å². The first-order chi connectivity index (χ1) is 11.9. The van der Waals surface area contributed by atoms with Gasteiger partial charge >= 0.3 is 0 Å². The fraction of sp³-hybridized carbons (Fsp3) is 0.529. The molecule has 0 saturated carbocycles. The Morgan fingerprint density at radius 2 is 1.80 bits per heavy atom. The number of amides is 2. The average Bonchev–Trinajstić information content (AvgIpc) is 3.15. The molecule has 3 rings (SSSR count). The van der Waals surface area contributed by atoms with Crippen LogP contribution in [0.15, 0.2) is 29.2 Å². The Hall–Kier alpha value is -1.93. The first kappa shape index (κ1) is 17.9. The molecule has 1 atom stereocenters. The number of hydrogen-bond donors (Lipinski definition) is 0. The number of ether oxygens (including phenoxy) is 1. The van der Waals surface area contributed by atoms with Gasteiger partial charge in [0.25, 0.3) is 11.8 Å². The number of sulfone groups is 1. The average molecular weight is 366 g/mol.